The number of carbonyl (C=O) groups is 1. The van der Waals surface area contributed by atoms with Crippen molar-refractivity contribution in [2.75, 3.05) is 0 Å². The fraction of sp³-hybridized carbons (Fsp3) is 0. The Kier molecular flexibility index (Phi) is 6.92. The molecule has 2 rings (SSSR count). The van der Waals surface area contributed by atoms with Crippen LogP contribution in [0, 0.1) is 0 Å². The van der Waals surface area contributed by atoms with Gasteiger partial charge in [-0.3, -0.25) is 4.98 Å². The van der Waals surface area contributed by atoms with Crippen molar-refractivity contribution in [1.82, 2.24) is 4.98 Å². The molecule has 2 N–H and O–H groups in total. The van der Waals surface area contributed by atoms with Gasteiger partial charge in [0.1, 0.15) is 0 Å². The van der Waals surface area contributed by atoms with Crippen LogP contribution >= 0.6 is 22.9 Å². The minimum Gasteiger partial charge on any atom is -0.870 e. The Morgan fingerprint density at radius 2 is 2.12 bits per heavy atom. The van der Waals surface area contributed by atoms with Crippen LogP contribution in [0.15, 0.2) is 29.9 Å². The van der Waals surface area contributed by atoms with Crippen molar-refractivity contribution in [3.8, 4) is 10.4 Å². The van der Waals surface area contributed by atoms with E-state index >= 15 is 0 Å². The first-order chi connectivity index (χ1) is 7.18. The number of carboxylic acids is 1. The van der Waals surface area contributed by atoms with E-state index in [-0.39, 0.29) is 45.6 Å². The maximum Gasteiger partial charge on any atom is 1.00 e. The molecule has 7 heteroatoms. The van der Waals surface area contributed by atoms with Crippen LogP contribution in [0.3, 0.4) is 0 Å². The van der Waals surface area contributed by atoms with Crippen LogP contribution in [0.5, 0.6) is 0 Å². The minimum absolute atomic E-state index is 0. The fourth-order valence-corrected chi connectivity index (χ4v) is 2.02. The second-order valence-electron chi connectivity index (χ2n) is 2.87. The van der Waals surface area contributed by atoms with E-state index in [0.717, 1.165) is 10.4 Å². The van der Waals surface area contributed by atoms with Gasteiger partial charge in [-0.15, -0.1) is 11.3 Å². The fourth-order valence-electron chi connectivity index (χ4n) is 1.20. The summed E-state index contributed by atoms with van der Waals surface area (Å²) in [5.74, 6) is -1.02. The number of carboxylic acid groups (broad SMARTS) is 1. The number of hydrogen-bond donors (Lipinski definition) is 1. The van der Waals surface area contributed by atoms with Gasteiger partial charge >= 0.3 is 35.5 Å². The van der Waals surface area contributed by atoms with E-state index in [2.05, 4.69) is 4.98 Å². The summed E-state index contributed by atoms with van der Waals surface area (Å²) < 4.78 is 0. The standard InChI is InChI=1S/C10H6ClNO2S.Na.H2O/c11-8-2-1-6(3-7(8)10(13)14)9-4-12-5-15-9;;/h1-5H,(H,13,14);;1H2/q;+1;/p-1. The Balaban J connectivity index is 0.00000128. The van der Waals surface area contributed by atoms with Gasteiger partial charge in [0.05, 0.1) is 21.0 Å². The molecule has 1 heterocycles. The van der Waals surface area contributed by atoms with Gasteiger partial charge in [-0.05, 0) is 17.7 Å². The molecule has 0 atom stereocenters. The summed E-state index contributed by atoms with van der Waals surface area (Å²) in [6.07, 6.45) is 1.69. The molecule has 1 aromatic carbocycles. The Morgan fingerprint density at radius 1 is 1.41 bits per heavy atom. The molecule has 0 bridgehead atoms. The third-order valence-electron chi connectivity index (χ3n) is 1.91. The molecule has 84 valence electrons. The van der Waals surface area contributed by atoms with Gasteiger partial charge in [-0.1, -0.05) is 17.7 Å². The zero-order valence-corrected chi connectivity index (χ0v) is 12.5. The summed E-state index contributed by atoms with van der Waals surface area (Å²) in [7, 11) is 0. The first-order valence-electron chi connectivity index (χ1n) is 4.10. The molecule has 0 saturated heterocycles. The van der Waals surface area contributed by atoms with Crippen molar-refractivity contribution in [3.05, 3.63) is 40.5 Å². The number of benzene rings is 1. The summed E-state index contributed by atoms with van der Waals surface area (Å²) in [5, 5.41) is 9.14. The van der Waals surface area contributed by atoms with Crippen molar-refractivity contribution in [2.24, 2.45) is 0 Å². The predicted molar refractivity (Wildman–Crippen MR) is 61.5 cm³/mol. The molecule has 0 amide bonds. The first kappa shape index (κ1) is 16.6. The average molecular weight is 280 g/mol. The molecule has 0 aliphatic carbocycles. The molecule has 0 unspecified atom stereocenters. The van der Waals surface area contributed by atoms with Crippen LogP contribution < -0.4 is 29.6 Å². The van der Waals surface area contributed by atoms with Crippen molar-refractivity contribution >= 4 is 28.9 Å². The van der Waals surface area contributed by atoms with Gasteiger partial charge in [0, 0.05) is 6.20 Å². The van der Waals surface area contributed by atoms with E-state index in [1.54, 1.807) is 29.9 Å². The van der Waals surface area contributed by atoms with E-state index < -0.39 is 5.97 Å². The van der Waals surface area contributed by atoms with E-state index in [4.69, 9.17) is 16.7 Å². The number of aromatic carboxylic acids is 1. The summed E-state index contributed by atoms with van der Waals surface area (Å²) in [5.41, 5.74) is 2.63. The van der Waals surface area contributed by atoms with Crippen LogP contribution in [0.1, 0.15) is 10.4 Å². The zero-order chi connectivity index (χ0) is 10.8. The van der Waals surface area contributed by atoms with Gasteiger partial charge in [0.2, 0.25) is 0 Å². The Hall–Kier alpha value is -0.430. The van der Waals surface area contributed by atoms with Gasteiger partial charge in [-0.25, -0.2) is 4.79 Å². The van der Waals surface area contributed by atoms with Crippen LogP contribution in [-0.2, 0) is 0 Å². The summed E-state index contributed by atoms with van der Waals surface area (Å²) in [6, 6.07) is 4.92. The van der Waals surface area contributed by atoms with Crippen molar-refractivity contribution in [2.45, 2.75) is 0 Å². The molecule has 4 nitrogen and oxygen atoms in total. The number of halogens is 1. The number of aromatic nitrogens is 1. The maximum atomic E-state index is 10.8. The minimum atomic E-state index is -1.02. The van der Waals surface area contributed by atoms with Crippen LogP contribution in [0.2, 0.25) is 5.02 Å². The average Bonchev–Trinajstić information content (AvgIpc) is 2.71. The predicted octanol–water partition coefficient (Wildman–Crippen LogP) is -0.0111. The first-order valence-corrected chi connectivity index (χ1v) is 5.36. The van der Waals surface area contributed by atoms with E-state index in [1.165, 1.54) is 11.3 Å². The number of hydrogen-bond acceptors (Lipinski definition) is 4. The van der Waals surface area contributed by atoms with Crippen molar-refractivity contribution < 1.29 is 44.9 Å². The van der Waals surface area contributed by atoms with E-state index in [1.807, 2.05) is 0 Å². The van der Waals surface area contributed by atoms with Crippen LogP contribution in [0.25, 0.3) is 10.4 Å². The number of thiazole rings is 1. The summed E-state index contributed by atoms with van der Waals surface area (Å²) in [6.45, 7) is 0. The van der Waals surface area contributed by atoms with E-state index in [9.17, 15) is 4.79 Å². The third-order valence-corrected chi connectivity index (χ3v) is 3.07. The number of nitrogens with zero attached hydrogens (tertiary/aromatic N) is 1. The molecule has 0 aliphatic heterocycles. The largest absolute Gasteiger partial charge is 1.00 e. The zero-order valence-electron chi connectivity index (χ0n) is 8.92. The van der Waals surface area contributed by atoms with Crippen molar-refractivity contribution in [1.29, 1.82) is 0 Å². The maximum absolute atomic E-state index is 10.8. The van der Waals surface area contributed by atoms with Crippen LogP contribution in [-0.4, -0.2) is 21.5 Å². The van der Waals surface area contributed by atoms with Crippen LogP contribution in [0.4, 0.5) is 0 Å². The summed E-state index contributed by atoms with van der Waals surface area (Å²) >= 11 is 7.21. The van der Waals surface area contributed by atoms with E-state index in [0.29, 0.717) is 0 Å². The number of rotatable bonds is 2. The smallest absolute Gasteiger partial charge is 0.870 e. The summed E-state index contributed by atoms with van der Waals surface area (Å²) in [4.78, 5) is 15.7. The molecular weight excluding hydrogens is 273 g/mol. The van der Waals surface area contributed by atoms with Gasteiger partial charge < -0.3 is 10.6 Å². The SMILES string of the molecule is O=C(O)c1cc(-c2cncs2)ccc1Cl.[Na+].[OH-]. The molecule has 0 fully saturated rings. The molecule has 1 aromatic heterocycles. The second kappa shape index (κ2) is 7.10. The molecule has 0 spiro atoms. The molecule has 0 aliphatic rings. The molecule has 2 aromatic rings. The molecule has 17 heavy (non-hydrogen) atoms. The van der Waals surface area contributed by atoms with Gasteiger partial charge in [0.15, 0.2) is 0 Å². The van der Waals surface area contributed by atoms with Gasteiger partial charge in [-0.2, -0.15) is 0 Å². The molecular formula is C10H7ClNNaO3S. The van der Waals surface area contributed by atoms with Gasteiger partial charge in [0.25, 0.3) is 0 Å². The third kappa shape index (κ3) is 3.77. The molecule has 0 radical (unpaired) electrons. The normalized spacial score (nSPS) is 9.00. The molecule has 0 saturated carbocycles. The topological polar surface area (TPSA) is 80.2 Å². The second-order valence-corrected chi connectivity index (χ2v) is 4.16. The Bertz CT molecular complexity index is 504. The Morgan fingerprint density at radius 3 is 2.65 bits per heavy atom. The van der Waals surface area contributed by atoms with Crippen molar-refractivity contribution in [3.63, 3.8) is 0 Å². The monoisotopic (exact) mass is 279 g/mol. The quantitative estimate of drug-likeness (QED) is 0.784. The Labute approximate surface area is 129 Å².